The lowest BCUT2D eigenvalue weighted by Gasteiger charge is -2.57. The van der Waals surface area contributed by atoms with Crippen LogP contribution in [-0.4, -0.2) is 30.7 Å². The third-order valence-electron chi connectivity index (χ3n) is 5.32. The van der Waals surface area contributed by atoms with E-state index in [9.17, 15) is 4.79 Å². The van der Waals surface area contributed by atoms with Gasteiger partial charge in [0, 0.05) is 18.1 Å². The average molecular weight is 333 g/mol. The summed E-state index contributed by atoms with van der Waals surface area (Å²) in [6.45, 7) is 7.02. The van der Waals surface area contributed by atoms with E-state index >= 15 is 0 Å². The number of halogens is 1. The lowest BCUT2D eigenvalue weighted by atomic mass is 9.55. The van der Waals surface area contributed by atoms with E-state index in [4.69, 9.17) is 10.5 Å². The van der Waals surface area contributed by atoms with Crippen molar-refractivity contribution in [2.45, 2.75) is 83.9 Å². The fraction of sp³-hybridized carbons (Fsp3) is 0.941. The summed E-state index contributed by atoms with van der Waals surface area (Å²) in [5.41, 5.74) is 6.20. The Bertz CT molecular complexity index is 357. The highest BCUT2D eigenvalue weighted by atomic mass is 35.5. The second-order valence-electron chi connectivity index (χ2n) is 7.27. The molecule has 2 aliphatic rings. The summed E-state index contributed by atoms with van der Waals surface area (Å²) in [6, 6.07) is -0.114. The van der Waals surface area contributed by atoms with Crippen molar-refractivity contribution in [3.63, 3.8) is 0 Å². The average Bonchev–Trinajstić information content (AvgIpc) is 2.46. The van der Waals surface area contributed by atoms with Crippen LogP contribution in [0.5, 0.6) is 0 Å². The Morgan fingerprint density at radius 3 is 2.50 bits per heavy atom. The van der Waals surface area contributed by atoms with Crippen molar-refractivity contribution in [2.24, 2.45) is 17.1 Å². The number of hydrogen-bond acceptors (Lipinski definition) is 3. The number of amides is 1. The van der Waals surface area contributed by atoms with Crippen LogP contribution in [0.4, 0.5) is 0 Å². The zero-order valence-electron chi connectivity index (χ0n) is 14.3. The Hall–Kier alpha value is -0.320. The second kappa shape index (κ2) is 8.51. The Morgan fingerprint density at radius 2 is 1.95 bits per heavy atom. The lowest BCUT2D eigenvalue weighted by Crippen LogP contribution is -2.66. The van der Waals surface area contributed by atoms with Gasteiger partial charge in [-0.2, -0.15) is 0 Å². The first-order chi connectivity index (χ1) is 9.99. The van der Waals surface area contributed by atoms with E-state index in [-0.39, 0.29) is 35.8 Å². The maximum Gasteiger partial charge on any atom is 0.237 e. The maximum atomic E-state index is 12.3. The standard InChI is InChI=1S/C17H32N2O2.ClH/c1-4-21-15-11-14(17(15)8-6-5-7-9-17)19-16(20)13(18)10-12(2)3;/h12-15H,4-11,18H2,1-3H3,(H,19,20);1H/t13-,14?,15?;/m0./s1. The minimum atomic E-state index is -0.378. The molecule has 2 rings (SSSR count). The van der Waals surface area contributed by atoms with Gasteiger partial charge in [0.05, 0.1) is 12.1 Å². The minimum absolute atomic E-state index is 0. The molecule has 0 radical (unpaired) electrons. The van der Waals surface area contributed by atoms with Crippen LogP contribution in [0.3, 0.4) is 0 Å². The first-order valence-electron chi connectivity index (χ1n) is 8.67. The SMILES string of the molecule is CCOC1CC(NC(=O)[C@@H](N)CC(C)C)C12CCCCC2.Cl. The summed E-state index contributed by atoms with van der Waals surface area (Å²) in [4.78, 5) is 12.3. The van der Waals surface area contributed by atoms with Gasteiger partial charge in [-0.3, -0.25) is 4.79 Å². The van der Waals surface area contributed by atoms with E-state index in [1.54, 1.807) is 0 Å². The minimum Gasteiger partial charge on any atom is -0.378 e. The van der Waals surface area contributed by atoms with E-state index in [1.165, 1.54) is 32.1 Å². The van der Waals surface area contributed by atoms with Crippen molar-refractivity contribution in [3.05, 3.63) is 0 Å². The zero-order valence-corrected chi connectivity index (χ0v) is 15.1. The second-order valence-corrected chi connectivity index (χ2v) is 7.27. The van der Waals surface area contributed by atoms with Gasteiger partial charge in [-0.1, -0.05) is 33.1 Å². The molecule has 0 aromatic heterocycles. The third-order valence-corrected chi connectivity index (χ3v) is 5.32. The summed E-state index contributed by atoms with van der Waals surface area (Å²) < 4.78 is 5.93. The molecule has 2 aliphatic carbocycles. The number of hydrogen-bond donors (Lipinski definition) is 2. The number of nitrogens with two attached hydrogens (primary N) is 1. The molecule has 3 atom stereocenters. The van der Waals surface area contributed by atoms with Crippen molar-refractivity contribution in [2.75, 3.05) is 6.61 Å². The summed E-state index contributed by atoms with van der Waals surface area (Å²) >= 11 is 0. The van der Waals surface area contributed by atoms with Gasteiger partial charge in [-0.15, -0.1) is 12.4 Å². The van der Waals surface area contributed by atoms with Crippen LogP contribution in [0.1, 0.15) is 65.7 Å². The Labute approximate surface area is 141 Å². The van der Waals surface area contributed by atoms with E-state index < -0.39 is 0 Å². The van der Waals surface area contributed by atoms with E-state index in [0.717, 1.165) is 19.4 Å². The number of ether oxygens (including phenoxy) is 1. The number of rotatable bonds is 6. The van der Waals surface area contributed by atoms with Crippen molar-refractivity contribution in [1.82, 2.24) is 5.32 Å². The molecule has 0 bridgehead atoms. The summed E-state index contributed by atoms with van der Waals surface area (Å²) in [7, 11) is 0. The molecule has 0 aliphatic heterocycles. The van der Waals surface area contributed by atoms with Crippen LogP contribution < -0.4 is 11.1 Å². The molecule has 1 spiro atoms. The molecule has 130 valence electrons. The molecule has 2 fully saturated rings. The first kappa shape index (κ1) is 19.7. The predicted molar refractivity (Wildman–Crippen MR) is 92.2 cm³/mol. The third kappa shape index (κ3) is 4.15. The summed E-state index contributed by atoms with van der Waals surface area (Å²) in [6.07, 6.45) is 8.23. The van der Waals surface area contributed by atoms with Crippen molar-refractivity contribution in [1.29, 1.82) is 0 Å². The van der Waals surface area contributed by atoms with Crippen LogP contribution >= 0.6 is 12.4 Å². The molecule has 2 unspecified atom stereocenters. The molecule has 4 nitrogen and oxygen atoms in total. The van der Waals surface area contributed by atoms with Crippen LogP contribution in [-0.2, 0) is 9.53 Å². The largest absolute Gasteiger partial charge is 0.378 e. The lowest BCUT2D eigenvalue weighted by molar-refractivity contribution is -0.157. The van der Waals surface area contributed by atoms with Crippen molar-refractivity contribution >= 4 is 18.3 Å². The Kier molecular flexibility index (Phi) is 7.63. The van der Waals surface area contributed by atoms with Crippen LogP contribution in [0.15, 0.2) is 0 Å². The van der Waals surface area contributed by atoms with Gasteiger partial charge < -0.3 is 15.8 Å². The molecule has 0 aromatic rings. The molecule has 3 N–H and O–H groups in total. The van der Waals surface area contributed by atoms with Gasteiger partial charge in [0.15, 0.2) is 0 Å². The highest BCUT2D eigenvalue weighted by Crippen LogP contribution is 2.53. The molecule has 22 heavy (non-hydrogen) atoms. The highest BCUT2D eigenvalue weighted by molar-refractivity contribution is 5.85. The highest BCUT2D eigenvalue weighted by Gasteiger charge is 2.56. The normalized spacial score (nSPS) is 27.9. The number of carbonyl (C=O) groups excluding carboxylic acids is 1. The van der Waals surface area contributed by atoms with Gasteiger partial charge >= 0.3 is 0 Å². The van der Waals surface area contributed by atoms with Crippen LogP contribution in [0.25, 0.3) is 0 Å². The van der Waals surface area contributed by atoms with Gasteiger partial charge in [-0.25, -0.2) is 0 Å². The van der Waals surface area contributed by atoms with Crippen molar-refractivity contribution in [3.8, 4) is 0 Å². The summed E-state index contributed by atoms with van der Waals surface area (Å²) in [5.74, 6) is 0.473. The van der Waals surface area contributed by atoms with Crippen LogP contribution in [0.2, 0.25) is 0 Å². The van der Waals surface area contributed by atoms with Crippen LogP contribution in [0, 0.1) is 11.3 Å². The van der Waals surface area contributed by atoms with Gasteiger partial charge in [0.1, 0.15) is 0 Å². The molecule has 0 aromatic carbocycles. The topological polar surface area (TPSA) is 64.3 Å². The molecule has 0 saturated heterocycles. The molecule has 5 heteroatoms. The fourth-order valence-electron chi connectivity index (χ4n) is 4.16. The summed E-state index contributed by atoms with van der Waals surface area (Å²) in [5, 5.41) is 3.23. The first-order valence-corrected chi connectivity index (χ1v) is 8.67. The number of nitrogens with one attached hydrogen (secondary N) is 1. The molecule has 2 saturated carbocycles. The van der Waals surface area contributed by atoms with Gasteiger partial charge in [0.25, 0.3) is 0 Å². The monoisotopic (exact) mass is 332 g/mol. The fourth-order valence-corrected chi connectivity index (χ4v) is 4.16. The van der Waals surface area contributed by atoms with Crippen molar-refractivity contribution < 1.29 is 9.53 Å². The van der Waals surface area contributed by atoms with E-state index in [2.05, 4.69) is 26.1 Å². The number of carbonyl (C=O) groups is 1. The Morgan fingerprint density at radius 1 is 1.32 bits per heavy atom. The Balaban J connectivity index is 0.00000242. The molecule has 0 heterocycles. The molecule has 1 amide bonds. The molecular formula is C17H33ClN2O2. The van der Waals surface area contributed by atoms with E-state index in [0.29, 0.717) is 12.0 Å². The smallest absolute Gasteiger partial charge is 0.237 e. The predicted octanol–water partition coefficient (Wildman–Crippen LogP) is 3.03. The molecular weight excluding hydrogens is 300 g/mol. The maximum absolute atomic E-state index is 12.3. The van der Waals surface area contributed by atoms with Gasteiger partial charge in [-0.05, 0) is 38.5 Å². The quantitative estimate of drug-likeness (QED) is 0.785. The van der Waals surface area contributed by atoms with Gasteiger partial charge in [0.2, 0.25) is 5.91 Å². The zero-order chi connectivity index (χ0) is 15.5. The van der Waals surface area contributed by atoms with E-state index in [1.807, 2.05) is 0 Å².